The Hall–Kier alpha value is -0.120. The molecular weight excluding hydrogens is 210 g/mol. The third kappa shape index (κ3) is 4.23. The maximum absolute atomic E-state index is 3.23. The van der Waals surface area contributed by atoms with Gasteiger partial charge in [-0.1, -0.05) is 6.42 Å². The summed E-state index contributed by atoms with van der Waals surface area (Å²) < 4.78 is 0. The molecule has 2 aliphatic heterocycles. The Balaban J connectivity index is 1.63. The van der Waals surface area contributed by atoms with Crippen molar-refractivity contribution in [2.24, 2.45) is 0 Å². The lowest BCUT2D eigenvalue weighted by atomic mass is 10.2. The number of hydrogen-bond donors (Lipinski definition) is 1. The van der Waals surface area contributed by atoms with Crippen LogP contribution in [0.5, 0.6) is 0 Å². The van der Waals surface area contributed by atoms with E-state index in [2.05, 4.69) is 15.1 Å². The number of nitrogens with one attached hydrogen (secondary N) is 1. The molecule has 0 aromatic carbocycles. The first-order valence-corrected chi connectivity index (χ1v) is 7.51. The molecule has 1 unspecified atom stereocenters. The largest absolute Gasteiger partial charge is 0.320 e. The standard InChI is InChI=1S/C14H29N3/c1-15-8-3-2-4-9-16-10-6-12-17-11-5-7-14(17)13-16/h14-15H,2-13H2,1H3. The van der Waals surface area contributed by atoms with Crippen LogP contribution in [0.3, 0.4) is 0 Å². The molecule has 0 amide bonds. The molecule has 2 saturated heterocycles. The van der Waals surface area contributed by atoms with E-state index in [-0.39, 0.29) is 0 Å². The van der Waals surface area contributed by atoms with Gasteiger partial charge in [-0.25, -0.2) is 0 Å². The summed E-state index contributed by atoms with van der Waals surface area (Å²) >= 11 is 0. The van der Waals surface area contributed by atoms with Gasteiger partial charge in [-0.15, -0.1) is 0 Å². The van der Waals surface area contributed by atoms with Gasteiger partial charge in [0.15, 0.2) is 0 Å². The average molecular weight is 239 g/mol. The summed E-state index contributed by atoms with van der Waals surface area (Å²) in [6.45, 7) is 7.89. The lowest BCUT2D eigenvalue weighted by Crippen LogP contribution is -2.37. The maximum Gasteiger partial charge on any atom is 0.0223 e. The number of unbranched alkanes of at least 4 members (excludes halogenated alkanes) is 2. The minimum absolute atomic E-state index is 0.884. The molecule has 2 rings (SSSR count). The van der Waals surface area contributed by atoms with Crippen molar-refractivity contribution in [3.63, 3.8) is 0 Å². The Bertz CT molecular complexity index is 208. The Labute approximate surface area is 107 Å². The van der Waals surface area contributed by atoms with Gasteiger partial charge in [-0.3, -0.25) is 4.90 Å². The van der Waals surface area contributed by atoms with Gasteiger partial charge in [0.25, 0.3) is 0 Å². The summed E-state index contributed by atoms with van der Waals surface area (Å²) in [6.07, 6.45) is 8.35. The van der Waals surface area contributed by atoms with Crippen LogP contribution >= 0.6 is 0 Å². The van der Waals surface area contributed by atoms with Crippen molar-refractivity contribution in [3.05, 3.63) is 0 Å². The van der Waals surface area contributed by atoms with Crippen molar-refractivity contribution in [3.8, 4) is 0 Å². The first-order valence-electron chi connectivity index (χ1n) is 7.51. The molecule has 0 aliphatic carbocycles. The number of hydrogen-bond acceptors (Lipinski definition) is 3. The van der Waals surface area contributed by atoms with Gasteiger partial charge in [0.2, 0.25) is 0 Å². The monoisotopic (exact) mass is 239 g/mol. The van der Waals surface area contributed by atoms with E-state index in [4.69, 9.17) is 0 Å². The molecule has 0 bridgehead atoms. The summed E-state index contributed by atoms with van der Waals surface area (Å²) in [4.78, 5) is 5.44. The van der Waals surface area contributed by atoms with Crippen molar-refractivity contribution in [1.29, 1.82) is 0 Å². The quantitative estimate of drug-likeness (QED) is 0.710. The molecule has 2 fully saturated rings. The Kier molecular flexibility index (Phi) is 5.75. The molecule has 0 radical (unpaired) electrons. The Morgan fingerprint density at radius 2 is 1.94 bits per heavy atom. The van der Waals surface area contributed by atoms with Gasteiger partial charge in [-0.2, -0.15) is 0 Å². The zero-order chi connectivity index (χ0) is 11.9. The fourth-order valence-electron chi connectivity index (χ4n) is 3.30. The molecule has 2 heterocycles. The van der Waals surface area contributed by atoms with Crippen LogP contribution in [0.2, 0.25) is 0 Å². The van der Waals surface area contributed by atoms with Gasteiger partial charge in [0.1, 0.15) is 0 Å². The van der Waals surface area contributed by atoms with Crippen molar-refractivity contribution in [2.45, 2.75) is 44.6 Å². The van der Waals surface area contributed by atoms with Crippen LogP contribution in [0.15, 0.2) is 0 Å². The molecule has 100 valence electrons. The lowest BCUT2D eigenvalue weighted by Gasteiger charge is -2.25. The maximum atomic E-state index is 3.23. The van der Waals surface area contributed by atoms with Crippen molar-refractivity contribution >= 4 is 0 Å². The van der Waals surface area contributed by atoms with Gasteiger partial charge in [0.05, 0.1) is 0 Å². The zero-order valence-electron chi connectivity index (χ0n) is 11.5. The molecule has 1 N–H and O–H groups in total. The molecule has 3 heteroatoms. The van der Waals surface area contributed by atoms with Gasteiger partial charge < -0.3 is 10.2 Å². The van der Waals surface area contributed by atoms with Crippen molar-refractivity contribution < 1.29 is 0 Å². The SMILES string of the molecule is CNCCCCCN1CCCN2CCCC2C1. The predicted octanol–water partition coefficient (Wildman–Crippen LogP) is 1.55. The van der Waals surface area contributed by atoms with Crippen LogP contribution in [-0.4, -0.2) is 62.2 Å². The smallest absolute Gasteiger partial charge is 0.0223 e. The summed E-state index contributed by atoms with van der Waals surface area (Å²) in [5, 5.41) is 3.23. The van der Waals surface area contributed by atoms with Crippen LogP contribution in [0.1, 0.15) is 38.5 Å². The highest BCUT2D eigenvalue weighted by atomic mass is 15.3. The fourth-order valence-corrected chi connectivity index (χ4v) is 3.30. The zero-order valence-corrected chi connectivity index (χ0v) is 11.5. The molecule has 0 aromatic heterocycles. The topological polar surface area (TPSA) is 18.5 Å². The van der Waals surface area contributed by atoms with E-state index >= 15 is 0 Å². The number of rotatable bonds is 6. The third-order valence-electron chi connectivity index (χ3n) is 4.29. The van der Waals surface area contributed by atoms with E-state index in [1.54, 1.807) is 0 Å². The normalized spacial score (nSPS) is 27.0. The molecule has 1 atom stereocenters. The van der Waals surface area contributed by atoms with Gasteiger partial charge in [0, 0.05) is 12.6 Å². The van der Waals surface area contributed by atoms with Gasteiger partial charge in [-0.05, 0) is 71.9 Å². The first kappa shape index (κ1) is 13.3. The van der Waals surface area contributed by atoms with Crippen molar-refractivity contribution in [1.82, 2.24) is 15.1 Å². The lowest BCUT2D eigenvalue weighted by molar-refractivity contribution is 0.217. The minimum Gasteiger partial charge on any atom is -0.320 e. The summed E-state index contributed by atoms with van der Waals surface area (Å²) in [6, 6.07) is 0.884. The van der Waals surface area contributed by atoms with Crippen LogP contribution in [-0.2, 0) is 0 Å². The molecule has 0 saturated carbocycles. The first-order chi connectivity index (χ1) is 8.40. The number of nitrogens with zero attached hydrogens (tertiary/aromatic N) is 2. The highest BCUT2D eigenvalue weighted by Crippen LogP contribution is 2.21. The Morgan fingerprint density at radius 3 is 2.82 bits per heavy atom. The highest BCUT2D eigenvalue weighted by molar-refractivity contribution is 4.84. The molecule has 3 nitrogen and oxygen atoms in total. The fraction of sp³-hybridized carbons (Fsp3) is 1.00. The molecule has 2 aliphatic rings. The second-order valence-corrected chi connectivity index (χ2v) is 5.65. The second-order valence-electron chi connectivity index (χ2n) is 5.65. The van der Waals surface area contributed by atoms with Crippen LogP contribution in [0.25, 0.3) is 0 Å². The van der Waals surface area contributed by atoms with Crippen LogP contribution < -0.4 is 5.32 Å². The molecular formula is C14H29N3. The van der Waals surface area contributed by atoms with E-state index < -0.39 is 0 Å². The summed E-state index contributed by atoms with van der Waals surface area (Å²) in [5.41, 5.74) is 0. The van der Waals surface area contributed by atoms with Crippen LogP contribution in [0.4, 0.5) is 0 Å². The van der Waals surface area contributed by atoms with Crippen LogP contribution in [0, 0.1) is 0 Å². The second kappa shape index (κ2) is 7.34. The summed E-state index contributed by atoms with van der Waals surface area (Å²) in [7, 11) is 2.05. The Morgan fingerprint density at radius 1 is 1.06 bits per heavy atom. The van der Waals surface area contributed by atoms with Gasteiger partial charge >= 0.3 is 0 Å². The molecule has 0 spiro atoms. The van der Waals surface area contributed by atoms with E-state index in [1.165, 1.54) is 77.8 Å². The summed E-state index contributed by atoms with van der Waals surface area (Å²) in [5.74, 6) is 0. The van der Waals surface area contributed by atoms with E-state index in [9.17, 15) is 0 Å². The molecule has 0 aromatic rings. The highest BCUT2D eigenvalue weighted by Gasteiger charge is 2.28. The molecule has 17 heavy (non-hydrogen) atoms. The predicted molar refractivity (Wildman–Crippen MR) is 73.4 cm³/mol. The van der Waals surface area contributed by atoms with E-state index in [0.29, 0.717) is 0 Å². The van der Waals surface area contributed by atoms with E-state index in [1.807, 2.05) is 7.05 Å². The average Bonchev–Trinajstić information content (AvgIpc) is 2.68. The van der Waals surface area contributed by atoms with E-state index in [0.717, 1.165) is 6.04 Å². The minimum atomic E-state index is 0.884. The van der Waals surface area contributed by atoms with Crippen molar-refractivity contribution in [2.75, 3.05) is 46.3 Å². The number of fused-ring (bicyclic) bond motifs is 1. The third-order valence-corrected chi connectivity index (χ3v) is 4.29.